The number of rotatable bonds is 16. The van der Waals surface area contributed by atoms with Crippen molar-refractivity contribution < 1.29 is 29.3 Å². The second kappa shape index (κ2) is 17.4. The van der Waals surface area contributed by atoms with Gasteiger partial charge in [0.15, 0.2) is 0 Å². The molecule has 2 aromatic rings. The Balaban J connectivity index is 1.80. The number of benzene rings is 2. The highest BCUT2D eigenvalue weighted by molar-refractivity contribution is 6.99. The van der Waals surface area contributed by atoms with Crippen LogP contribution in [0.3, 0.4) is 0 Å². The smallest absolute Gasteiger partial charge is 0.308 e. The molecule has 1 aliphatic rings. The van der Waals surface area contributed by atoms with Gasteiger partial charge in [-0.05, 0) is 53.2 Å². The zero-order chi connectivity index (χ0) is 35.7. The van der Waals surface area contributed by atoms with Gasteiger partial charge in [0.1, 0.15) is 6.10 Å². The molecule has 0 bridgehead atoms. The molecule has 1 saturated heterocycles. The van der Waals surface area contributed by atoms with Crippen LogP contribution in [0.2, 0.25) is 5.04 Å². The molecular formula is C41H62O6Si. The lowest BCUT2D eigenvalue weighted by Gasteiger charge is -2.46. The number of aliphatic hydroxyl groups is 3. The number of carbonyl (C=O) groups excluding carboxylic acids is 1. The van der Waals surface area contributed by atoms with Crippen LogP contribution < -0.4 is 10.4 Å². The maximum atomic E-state index is 13.1. The molecule has 3 N–H and O–H groups in total. The van der Waals surface area contributed by atoms with E-state index in [1.807, 2.05) is 58.9 Å². The van der Waals surface area contributed by atoms with Gasteiger partial charge in [0.2, 0.25) is 0 Å². The third-order valence-electron chi connectivity index (χ3n) is 10.2. The van der Waals surface area contributed by atoms with Crippen LogP contribution in [0.15, 0.2) is 84.0 Å². The molecule has 0 amide bonds. The van der Waals surface area contributed by atoms with Crippen LogP contribution in [0.5, 0.6) is 0 Å². The second-order valence-corrected chi connectivity index (χ2v) is 19.8. The first kappa shape index (κ1) is 39.9. The molecule has 266 valence electrons. The van der Waals surface area contributed by atoms with Gasteiger partial charge >= 0.3 is 5.97 Å². The normalized spacial score (nSPS) is 21.0. The summed E-state index contributed by atoms with van der Waals surface area (Å²) >= 11 is 0. The Morgan fingerprint density at radius 1 is 0.958 bits per heavy atom. The number of cyclic esters (lactones) is 1. The van der Waals surface area contributed by atoms with Crippen molar-refractivity contribution in [3.63, 3.8) is 0 Å². The molecular weight excluding hydrogens is 617 g/mol. The minimum absolute atomic E-state index is 0.185. The molecule has 0 aliphatic carbocycles. The Morgan fingerprint density at radius 3 is 2.04 bits per heavy atom. The van der Waals surface area contributed by atoms with Gasteiger partial charge in [-0.25, -0.2) is 0 Å². The van der Waals surface area contributed by atoms with Crippen molar-refractivity contribution in [1.29, 1.82) is 0 Å². The fourth-order valence-electron chi connectivity index (χ4n) is 7.29. The first-order valence-electron chi connectivity index (χ1n) is 17.9. The third kappa shape index (κ3) is 9.78. The molecule has 1 aliphatic heterocycles. The van der Waals surface area contributed by atoms with Crippen LogP contribution in [0.25, 0.3) is 0 Å². The van der Waals surface area contributed by atoms with E-state index in [1.54, 1.807) is 0 Å². The number of esters is 1. The van der Waals surface area contributed by atoms with E-state index >= 15 is 0 Å². The number of hydrogen-bond acceptors (Lipinski definition) is 6. The molecule has 0 spiro atoms. The van der Waals surface area contributed by atoms with E-state index in [0.29, 0.717) is 12.8 Å². The number of carbonyl (C=O) groups is 1. The third-order valence-corrected chi connectivity index (χ3v) is 15.3. The Labute approximate surface area is 291 Å². The molecule has 1 heterocycles. The van der Waals surface area contributed by atoms with Crippen LogP contribution in [0.4, 0.5) is 0 Å². The monoisotopic (exact) mass is 678 g/mol. The van der Waals surface area contributed by atoms with E-state index < -0.39 is 38.1 Å². The van der Waals surface area contributed by atoms with E-state index in [9.17, 15) is 20.1 Å². The Morgan fingerprint density at radius 2 is 1.52 bits per heavy atom. The SMILES string of the molecule is CCCCC[C@@H](O)C/C=C(\C)[C@@H](O)C(C)(C)[C@@H](O)[C@@H](C)/C=C(\C)[C@@H]1C[C@H](O[Si](c2ccccc2)(c2ccccc2)C(C)(C)C)CC(=O)O1. The topological polar surface area (TPSA) is 96.2 Å². The van der Waals surface area contributed by atoms with E-state index in [2.05, 4.69) is 76.2 Å². The Kier molecular flexibility index (Phi) is 14.5. The highest BCUT2D eigenvalue weighted by Crippen LogP contribution is 2.40. The van der Waals surface area contributed by atoms with Crippen LogP contribution in [0.1, 0.15) is 107 Å². The fraction of sp³-hybridized carbons (Fsp3) is 0.585. The minimum Gasteiger partial charge on any atom is -0.458 e. The van der Waals surface area contributed by atoms with Crippen molar-refractivity contribution in [3.05, 3.63) is 84.0 Å². The van der Waals surface area contributed by atoms with Gasteiger partial charge in [0.25, 0.3) is 8.32 Å². The summed E-state index contributed by atoms with van der Waals surface area (Å²) in [5.74, 6) is -0.609. The van der Waals surface area contributed by atoms with Gasteiger partial charge in [-0.1, -0.05) is 141 Å². The van der Waals surface area contributed by atoms with Crippen LogP contribution in [0, 0.1) is 11.3 Å². The standard InChI is InChI=1S/C41H62O6Si/c1-10-11-14-19-32(42)25-24-29(2)38(44)41(8,9)39(45)31(4)26-30(3)36-27-33(28-37(43)46-36)47-48(40(5,6)7,34-20-15-12-16-21-34)35-22-17-13-18-23-35/h12-13,15-18,20-24,26,31-33,36,38-39,42,44-45H,10-11,14,19,25,27-28H2,1-9H3/b29-24+,30-26+/t31-,32+,33-,36-,38+,39-/m0/s1. The molecule has 1 fully saturated rings. The van der Waals surface area contributed by atoms with Crippen molar-refractivity contribution in [3.8, 4) is 0 Å². The highest BCUT2D eigenvalue weighted by atomic mass is 28.4. The number of hydrogen-bond donors (Lipinski definition) is 3. The van der Waals surface area contributed by atoms with Crippen LogP contribution in [-0.2, 0) is 14.0 Å². The van der Waals surface area contributed by atoms with E-state index in [-0.39, 0.29) is 29.5 Å². The van der Waals surface area contributed by atoms with Crippen molar-refractivity contribution in [1.82, 2.24) is 0 Å². The summed E-state index contributed by atoms with van der Waals surface area (Å²) in [6, 6.07) is 20.9. The van der Waals surface area contributed by atoms with Gasteiger partial charge in [-0.15, -0.1) is 0 Å². The summed E-state index contributed by atoms with van der Waals surface area (Å²) in [6.07, 6.45) is 6.00. The lowest BCUT2D eigenvalue weighted by atomic mass is 9.73. The second-order valence-electron chi connectivity index (χ2n) is 15.6. The maximum absolute atomic E-state index is 13.1. The number of ether oxygens (including phenoxy) is 1. The Bertz CT molecular complexity index is 1310. The van der Waals surface area contributed by atoms with Crippen molar-refractivity contribution in [2.24, 2.45) is 11.3 Å². The van der Waals surface area contributed by atoms with Gasteiger partial charge in [0.05, 0.1) is 30.8 Å². The molecule has 0 saturated carbocycles. The number of aliphatic hydroxyl groups excluding tert-OH is 3. The van der Waals surface area contributed by atoms with Crippen molar-refractivity contribution in [2.45, 2.75) is 143 Å². The molecule has 7 heteroatoms. The largest absolute Gasteiger partial charge is 0.458 e. The average molecular weight is 679 g/mol. The zero-order valence-corrected chi connectivity index (χ0v) is 31.9. The van der Waals surface area contributed by atoms with Crippen molar-refractivity contribution in [2.75, 3.05) is 0 Å². The van der Waals surface area contributed by atoms with Gasteiger partial charge in [0, 0.05) is 17.8 Å². The lowest BCUT2D eigenvalue weighted by Crippen LogP contribution is -2.68. The molecule has 6 nitrogen and oxygen atoms in total. The van der Waals surface area contributed by atoms with E-state index in [0.717, 1.165) is 36.8 Å². The Hall–Kier alpha value is -2.55. The van der Waals surface area contributed by atoms with Gasteiger partial charge in [-0.3, -0.25) is 4.79 Å². The van der Waals surface area contributed by atoms with E-state index in [1.165, 1.54) is 10.4 Å². The zero-order valence-electron chi connectivity index (χ0n) is 30.9. The van der Waals surface area contributed by atoms with Crippen molar-refractivity contribution >= 4 is 24.7 Å². The molecule has 0 unspecified atom stereocenters. The minimum atomic E-state index is -2.87. The van der Waals surface area contributed by atoms with Crippen LogP contribution in [-0.4, -0.2) is 60.1 Å². The molecule has 0 radical (unpaired) electrons. The summed E-state index contributed by atoms with van der Waals surface area (Å²) in [5.41, 5.74) is 0.742. The van der Waals surface area contributed by atoms with Gasteiger partial charge in [-0.2, -0.15) is 0 Å². The summed E-state index contributed by atoms with van der Waals surface area (Å²) in [6.45, 7) is 18.3. The molecule has 2 aromatic carbocycles. The molecule has 3 rings (SSSR count). The highest BCUT2D eigenvalue weighted by Gasteiger charge is 2.52. The molecule has 0 aromatic heterocycles. The molecule has 48 heavy (non-hydrogen) atoms. The summed E-state index contributed by atoms with van der Waals surface area (Å²) in [4.78, 5) is 13.1. The maximum Gasteiger partial charge on any atom is 0.308 e. The lowest BCUT2D eigenvalue weighted by molar-refractivity contribution is -0.156. The van der Waals surface area contributed by atoms with E-state index in [4.69, 9.17) is 9.16 Å². The average Bonchev–Trinajstić information content (AvgIpc) is 3.05. The first-order valence-corrected chi connectivity index (χ1v) is 19.8. The fourth-order valence-corrected chi connectivity index (χ4v) is 12.0. The van der Waals surface area contributed by atoms with Gasteiger partial charge < -0.3 is 24.5 Å². The summed E-state index contributed by atoms with van der Waals surface area (Å²) < 4.78 is 13.2. The van der Waals surface area contributed by atoms with Crippen LogP contribution >= 0.6 is 0 Å². The molecule has 6 atom stereocenters. The number of unbranched alkanes of at least 4 members (excludes halogenated alkanes) is 2. The predicted octanol–water partition coefficient (Wildman–Crippen LogP) is 7.25. The first-order chi connectivity index (χ1) is 22.5. The quantitative estimate of drug-likeness (QED) is 0.0750. The summed E-state index contributed by atoms with van der Waals surface area (Å²) in [5, 5.41) is 35.3. The predicted molar refractivity (Wildman–Crippen MR) is 199 cm³/mol. The summed E-state index contributed by atoms with van der Waals surface area (Å²) in [7, 11) is -2.87.